The second kappa shape index (κ2) is 2.35. The Labute approximate surface area is 78.3 Å². The highest BCUT2D eigenvalue weighted by Crippen LogP contribution is 2.48. The predicted octanol–water partition coefficient (Wildman–Crippen LogP) is 1.11. The van der Waals surface area contributed by atoms with E-state index in [9.17, 15) is 0 Å². The van der Waals surface area contributed by atoms with Crippen molar-refractivity contribution in [3.8, 4) is 0 Å². The highest BCUT2D eigenvalue weighted by Gasteiger charge is 2.45. The molecule has 0 unspecified atom stereocenters. The SMILES string of the molecule is CN1Cc2ccnn2CC2(CC2)C1. The molecule has 1 fully saturated rings. The maximum atomic E-state index is 4.38. The molecule has 1 aliphatic carbocycles. The van der Waals surface area contributed by atoms with Crippen molar-refractivity contribution >= 4 is 0 Å². The first-order valence-electron chi connectivity index (χ1n) is 4.97. The second-order valence-corrected chi connectivity index (χ2v) is 4.65. The number of aromatic nitrogens is 2. The van der Waals surface area contributed by atoms with Crippen LogP contribution in [0.2, 0.25) is 0 Å². The molecule has 3 heteroatoms. The number of nitrogens with zero attached hydrogens (tertiary/aromatic N) is 3. The summed E-state index contributed by atoms with van der Waals surface area (Å²) in [5.74, 6) is 0. The van der Waals surface area contributed by atoms with E-state index in [1.165, 1.54) is 25.1 Å². The summed E-state index contributed by atoms with van der Waals surface area (Å²) in [6.45, 7) is 3.44. The van der Waals surface area contributed by atoms with Crippen LogP contribution in [-0.2, 0) is 13.1 Å². The fourth-order valence-corrected chi connectivity index (χ4v) is 2.40. The van der Waals surface area contributed by atoms with Crippen molar-refractivity contribution in [1.29, 1.82) is 0 Å². The zero-order valence-corrected chi connectivity index (χ0v) is 8.03. The van der Waals surface area contributed by atoms with Crippen LogP contribution in [0.4, 0.5) is 0 Å². The van der Waals surface area contributed by atoms with E-state index in [1.54, 1.807) is 0 Å². The summed E-state index contributed by atoms with van der Waals surface area (Å²) in [6.07, 6.45) is 4.69. The van der Waals surface area contributed by atoms with Gasteiger partial charge in [0.25, 0.3) is 0 Å². The average Bonchev–Trinajstić information content (AvgIpc) is 2.71. The third-order valence-corrected chi connectivity index (χ3v) is 3.28. The molecule has 0 saturated heterocycles. The Bertz CT molecular complexity index is 325. The molecule has 2 aliphatic rings. The van der Waals surface area contributed by atoms with Gasteiger partial charge in [-0.1, -0.05) is 0 Å². The van der Waals surface area contributed by atoms with Crippen LogP contribution in [0.5, 0.6) is 0 Å². The lowest BCUT2D eigenvalue weighted by Gasteiger charge is -2.17. The Kier molecular flexibility index (Phi) is 1.37. The lowest BCUT2D eigenvalue weighted by molar-refractivity contribution is 0.260. The zero-order chi connectivity index (χ0) is 8.89. The van der Waals surface area contributed by atoms with E-state index in [1.807, 2.05) is 6.20 Å². The number of hydrogen-bond acceptors (Lipinski definition) is 2. The van der Waals surface area contributed by atoms with Crippen molar-refractivity contribution < 1.29 is 0 Å². The fourth-order valence-electron chi connectivity index (χ4n) is 2.40. The Morgan fingerprint density at radius 2 is 2.23 bits per heavy atom. The topological polar surface area (TPSA) is 21.1 Å². The van der Waals surface area contributed by atoms with Crippen molar-refractivity contribution in [3.05, 3.63) is 18.0 Å². The summed E-state index contributed by atoms with van der Waals surface area (Å²) in [5.41, 5.74) is 1.94. The van der Waals surface area contributed by atoms with Crippen LogP contribution in [0, 0.1) is 5.41 Å². The normalized spacial score (nSPS) is 25.6. The van der Waals surface area contributed by atoms with E-state index in [-0.39, 0.29) is 0 Å². The molecule has 2 heterocycles. The van der Waals surface area contributed by atoms with Crippen LogP contribution in [-0.4, -0.2) is 28.3 Å². The molecule has 1 spiro atoms. The van der Waals surface area contributed by atoms with Crippen LogP contribution in [0.25, 0.3) is 0 Å². The van der Waals surface area contributed by atoms with Crippen molar-refractivity contribution in [1.82, 2.24) is 14.7 Å². The highest BCUT2D eigenvalue weighted by molar-refractivity contribution is 5.06. The summed E-state index contributed by atoms with van der Waals surface area (Å²) in [7, 11) is 2.21. The van der Waals surface area contributed by atoms with Crippen molar-refractivity contribution in [2.24, 2.45) is 5.41 Å². The standard InChI is InChI=1S/C10H15N3/c1-12-6-9-2-5-11-13(9)8-10(7-12)3-4-10/h2,5H,3-4,6-8H2,1H3. The van der Waals surface area contributed by atoms with Crippen LogP contribution >= 0.6 is 0 Å². The van der Waals surface area contributed by atoms with Crippen LogP contribution < -0.4 is 0 Å². The minimum absolute atomic E-state index is 0.575. The van der Waals surface area contributed by atoms with Gasteiger partial charge in [-0.3, -0.25) is 9.58 Å². The summed E-state index contributed by atoms with van der Waals surface area (Å²) in [5, 5.41) is 4.38. The van der Waals surface area contributed by atoms with E-state index < -0.39 is 0 Å². The molecule has 0 radical (unpaired) electrons. The first-order chi connectivity index (χ1) is 6.27. The van der Waals surface area contributed by atoms with Gasteiger partial charge in [-0.15, -0.1) is 0 Å². The van der Waals surface area contributed by atoms with Crippen LogP contribution in [0.1, 0.15) is 18.5 Å². The van der Waals surface area contributed by atoms with E-state index in [4.69, 9.17) is 0 Å². The molecule has 0 atom stereocenters. The minimum atomic E-state index is 0.575. The van der Waals surface area contributed by atoms with E-state index >= 15 is 0 Å². The summed E-state index contributed by atoms with van der Waals surface area (Å²) in [6, 6.07) is 2.14. The summed E-state index contributed by atoms with van der Waals surface area (Å²) < 4.78 is 2.19. The number of fused-ring (bicyclic) bond motifs is 1. The van der Waals surface area contributed by atoms with Gasteiger partial charge in [-0.05, 0) is 26.0 Å². The van der Waals surface area contributed by atoms with Gasteiger partial charge in [0.15, 0.2) is 0 Å². The molecule has 3 rings (SSSR count). The van der Waals surface area contributed by atoms with Gasteiger partial charge in [0, 0.05) is 31.2 Å². The molecule has 0 amide bonds. The lowest BCUT2D eigenvalue weighted by atomic mass is 10.1. The van der Waals surface area contributed by atoms with E-state index in [0.717, 1.165) is 13.1 Å². The maximum absolute atomic E-state index is 4.38. The molecule has 1 aromatic rings. The van der Waals surface area contributed by atoms with E-state index in [2.05, 4.69) is 27.8 Å². The Morgan fingerprint density at radius 3 is 3.00 bits per heavy atom. The molecule has 1 saturated carbocycles. The number of hydrogen-bond donors (Lipinski definition) is 0. The van der Waals surface area contributed by atoms with Gasteiger partial charge in [0.2, 0.25) is 0 Å². The van der Waals surface area contributed by atoms with Crippen molar-refractivity contribution in [2.45, 2.75) is 25.9 Å². The Hall–Kier alpha value is -0.830. The summed E-state index contributed by atoms with van der Waals surface area (Å²) in [4.78, 5) is 2.42. The lowest BCUT2D eigenvalue weighted by Crippen LogP contribution is -2.24. The van der Waals surface area contributed by atoms with Crippen LogP contribution in [0.3, 0.4) is 0 Å². The monoisotopic (exact) mass is 177 g/mol. The average molecular weight is 177 g/mol. The first kappa shape index (κ1) is 7.56. The van der Waals surface area contributed by atoms with Crippen molar-refractivity contribution in [2.75, 3.05) is 13.6 Å². The molecule has 0 bridgehead atoms. The largest absolute Gasteiger partial charge is 0.300 e. The van der Waals surface area contributed by atoms with Gasteiger partial charge >= 0.3 is 0 Å². The van der Waals surface area contributed by atoms with E-state index in [0.29, 0.717) is 5.41 Å². The molecule has 1 aliphatic heterocycles. The first-order valence-corrected chi connectivity index (χ1v) is 4.97. The van der Waals surface area contributed by atoms with Gasteiger partial charge < -0.3 is 0 Å². The van der Waals surface area contributed by atoms with Gasteiger partial charge in [0.05, 0.1) is 5.69 Å². The molecule has 1 aromatic heterocycles. The number of rotatable bonds is 0. The molecule has 70 valence electrons. The molecular weight excluding hydrogens is 162 g/mol. The van der Waals surface area contributed by atoms with Crippen molar-refractivity contribution in [3.63, 3.8) is 0 Å². The van der Waals surface area contributed by atoms with Gasteiger partial charge in [-0.2, -0.15) is 5.10 Å². The Morgan fingerprint density at radius 1 is 1.38 bits per heavy atom. The van der Waals surface area contributed by atoms with Gasteiger partial charge in [0.1, 0.15) is 0 Å². The molecule has 3 nitrogen and oxygen atoms in total. The quantitative estimate of drug-likeness (QED) is 0.592. The minimum Gasteiger partial charge on any atom is -0.300 e. The molecule has 0 aromatic carbocycles. The highest BCUT2D eigenvalue weighted by atomic mass is 15.3. The third kappa shape index (κ3) is 1.18. The zero-order valence-electron chi connectivity index (χ0n) is 8.03. The maximum Gasteiger partial charge on any atom is 0.0524 e. The summed E-state index contributed by atoms with van der Waals surface area (Å²) >= 11 is 0. The third-order valence-electron chi connectivity index (χ3n) is 3.28. The molecular formula is C10H15N3. The molecule has 0 N–H and O–H groups in total. The predicted molar refractivity (Wildman–Crippen MR) is 50.2 cm³/mol. The second-order valence-electron chi connectivity index (χ2n) is 4.65. The molecule has 13 heavy (non-hydrogen) atoms. The smallest absolute Gasteiger partial charge is 0.0524 e. The fraction of sp³-hybridized carbons (Fsp3) is 0.700. The van der Waals surface area contributed by atoms with Gasteiger partial charge in [-0.25, -0.2) is 0 Å². The Balaban J connectivity index is 1.98. The van der Waals surface area contributed by atoms with Crippen LogP contribution in [0.15, 0.2) is 12.3 Å².